The Hall–Kier alpha value is -6.84. The van der Waals surface area contributed by atoms with E-state index in [1.54, 1.807) is 0 Å². The number of hydrogen-bond donors (Lipinski definition) is 0. The highest BCUT2D eigenvalue weighted by Gasteiger charge is 2.26. The molecule has 3 heteroatoms. The largest absolute Gasteiger partial charge is 0.487 e. The minimum atomic E-state index is -0.381. The standard InChI is InChI=1S/C57H50N2O/c1-7-57(5,6)42-36-48(38-18-9-8-10-19-38)55(60-56(2,3)4)49(37-42)39-28-31-43(32-29-39)58-53-27-16-13-24-47(53)50-35-41(30-33-54(50)58)40-20-17-21-44(34-40)59-51-25-14-11-22-45(51)46-23-12-15-26-52(46)59/h8-37H,7H2,1-6H3. The number of aromatic nitrogens is 2. The Morgan fingerprint density at radius 1 is 0.400 bits per heavy atom. The van der Waals surface area contributed by atoms with Crippen LogP contribution in [0, 0.1) is 0 Å². The van der Waals surface area contributed by atoms with Crippen LogP contribution in [0.3, 0.4) is 0 Å². The molecule has 60 heavy (non-hydrogen) atoms. The molecule has 0 saturated heterocycles. The molecule has 2 heterocycles. The minimum Gasteiger partial charge on any atom is -0.487 e. The van der Waals surface area contributed by atoms with Gasteiger partial charge in [-0.3, -0.25) is 0 Å². The maximum atomic E-state index is 6.90. The van der Waals surface area contributed by atoms with Crippen molar-refractivity contribution in [3.63, 3.8) is 0 Å². The summed E-state index contributed by atoms with van der Waals surface area (Å²) >= 11 is 0. The van der Waals surface area contributed by atoms with Crippen molar-refractivity contribution in [3.05, 3.63) is 188 Å². The Morgan fingerprint density at radius 3 is 1.45 bits per heavy atom. The van der Waals surface area contributed by atoms with Crippen molar-refractivity contribution in [3.8, 4) is 50.5 Å². The van der Waals surface area contributed by atoms with Gasteiger partial charge in [0, 0.05) is 44.0 Å². The molecule has 0 bridgehead atoms. The monoisotopic (exact) mass is 778 g/mol. The Kier molecular flexibility index (Phi) is 9.02. The van der Waals surface area contributed by atoms with Crippen LogP contribution in [-0.4, -0.2) is 14.7 Å². The summed E-state index contributed by atoms with van der Waals surface area (Å²) in [6.45, 7) is 13.3. The van der Waals surface area contributed by atoms with Crippen molar-refractivity contribution in [1.29, 1.82) is 0 Å². The number of nitrogens with zero attached hydrogens (tertiary/aromatic N) is 2. The number of rotatable bonds is 8. The summed E-state index contributed by atoms with van der Waals surface area (Å²) in [4.78, 5) is 0. The van der Waals surface area contributed by atoms with E-state index in [2.05, 4.69) is 233 Å². The van der Waals surface area contributed by atoms with Crippen LogP contribution in [0.1, 0.15) is 53.5 Å². The van der Waals surface area contributed by atoms with E-state index in [0.29, 0.717) is 0 Å². The molecule has 8 aromatic carbocycles. The van der Waals surface area contributed by atoms with Gasteiger partial charge in [0.05, 0.1) is 22.1 Å². The molecule has 0 aliphatic heterocycles. The van der Waals surface area contributed by atoms with E-state index in [0.717, 1.165) is 45.8 Å². The van der Waals surface area contributed by atoms with Crippen LogP contribution in [0.2, 0.25) is 0 Å². The van der Waals surface area contributed by atoms with Gasteiger partial charge in [-0.05, 0) is 127 Å². The fraction of sp³-hybridized carbons (Fsp3) is 0.158. The summed E-state index contributed by atoms with van der Waals surface area (Å²) in [7, 11) is 0. The van der Waals surface area contributed by atoms with Gasteiger partial charge in [0.1, 0.15) is 11.4 Å². The van der Waals surface area contributed by atoms with Crippen LogP contribution < -0.4 is 4.74 Å². The molecular formula is C57H50N2O. The number of para-hydroxylation sites is 3. The smallest absolute Gasteiger partial charge is 0.135 e. The number of hydrogen-bond acceptors (Lipinski definition) is 1. The Bertz CT molecular complexity index is 3160. The van der Waals surface area contributed by atoms with Crippen LogP contribution in [0.4, 0.5) is 0 Å². The first-order valence-electron chi connectivity index (χ1n) is 21.2. The Balaban J connectivity index is 1.09. The molecule has 0 unspecified atom stereocenters. The summed E-state index contributed by atoms with van der Waals surface area (Å²) < 4.78 is 11.7. The van der Waals surface area contributed by atoms with Gasteiger partial charge in [0.25, 0.3) is 0 Å². The normalized spacial score (nSPS) is 12.2. The molecule has 3 nitrogen and oxygen atoms in total. The van der Waals surface area contributed by atoms with E-state index in [9.17, 15) is 0 Å². The molecule has 10 rings (SSSR count). The zero-order valence-corrected chi connectivity index (χ0v) is 35.3. The Labute approximate surface area is 353 Å². The zero-order chi connectivity index (χ0) is 41.2. The van der Waals surface area contributed by atoms with Gasteiger partial charge in [0.2, 0.25) is 0 Å². The van der Waals surface area contributed by atoms with Crippen LogP contribution >= 0.6 is 0 Å². The van der Waals surface area contributed by atoms with Crippen molar-refractivity contribution in [2.24, 2.45) is 0 Å². The van der Waals surface area contributed by atoms with Gasteiger partial charge in [-0.1, -0.05) is 136 Å². The molecule has 0 fully saturated rings. The van der Waals surface area contributed by atoms with Crippen molar-refractivity contribution >= 4 is 43.6 Å². The van der Waals surface area contributed by atoms with E-state index in [1.165, 1.54) is 60.3 Å². The van der Waals surface area contributed by atoms with Gasteiger partial charge >= 0.3 is 0 Å². The third-order valence-corrected chi connectivity index (χ3v) is 12.4. The molecule has 0 spiro atoms. The SMILES string of the molecule is CCC(C)(C)c1cc(-c2ccccc2)c(OC(C)(C)C)c(-c2ccc(-n3c4ccccc4c4cc(-c5cccc(-n6c7ccccc7c7ccccc76)c5)ccc43)cc2)c1. The second kappa shape index (κ2) is 14.5. The molecule has 10 aromatic rings. The van der Waals surface area contributed by atoms with Crippen molar-refractivity contribution in [1.82, 2.24) is 9.13 Å². The summed E-state index contributed by atoms with van der Waals surface area (Å²) in [5.74, 6) is 0.920. The maximum absolute atomic E-state index is 6.90. The molecule has 0 saturated carbocycles. The molecule has 2 aromatic heterocycles. The van der Waals surface area contributed by atoms with Gasteiger partial charge in [-0.15, -0.1) is 0 Å². The quantitative estimate of drug-likeness (QED) is 0.150. The third kappa shape index (κ3) is 6.46. The highest BCUT2D eigenvalue weighted by atomic mass is 16.5. The van der Waals surface area contributed by atoms with Crippen molar-refractivity contribution in [2.45, 2.75) is 59.0 Å². The van der Waals surface area contributed by atoms with Gasteiger partial charge in [-0.2, -0.15) is 0 Å². The molecule has 0 aliphatic rings. The molecule has 0 radical (unpaired) electrons. The van der Waals surface area contributed by atoms with E-state index in [-0.39, 0.29) is 11.0 Å². The number of ether oxygens (including phenoxy) is 1. The molecule has 294 valence electrons. The van der Waals surface area contributed by atoms with Gasteiger partial charge in [0.15, 0.2) is 0 Å². The number of fused-ring (bicyclic) bond motifs is 6. The van der Waals surface area contributed by atoms with Crippen molar-refractivity contribution in [2.75, 3.05) is 0 Å². The fourth-order valence-corrected chi connectivity index (χ4v) is 8.93. The lowest BCUT2D eigenvalue weighted by Crippen LogP contribution is -2.24. The lowest BCUT2D eigenvalue weighted by molar-refractivity contribution is 0.132. The highest BCUT2D eigenvalue weighted by molar-refractivity contribution is 6.11. The summed E-state index contributed by atoms with van der Waals surface area (Å²) in [5, 5.41) is 5.01. The average Bonchev–Trinajstić information content (AvgIpc) is 3.79. The summed E-state index contributed by atoms with van der Waals surface area (Å²) in [5.41, 5.74) is 14.9. The predicted molar refractivity (Wildman–Crippen MR) is 255 cm³/mol. The first-order chi connectivity index (χ1) is 29.1. The second-order valence-electron chi connectivity index (χ2n) is 17.8. The van der Waals surface area contributed by atoms with Crippen LogP contribution in [0.5, 0.6) is 5.75 Å². The molecule has 0 amide bonds. The average molecular weight is 779 g/mol. The first kappa shape index (κ1) is 37.4. The second-order valence-corrected chi connectivity index (χ2v) is 17.8. The summed E-state index contributed by atoms with van der Waals surface area (Å²) in [6, 6.07) is 66.6. The number of benzene rings is 8. The zero-order valence-electron chi connectivity index (χ0n) is 35.3. The molecule has 0 aliphatic carbocycles. The Morgan fingerprint density at radius 2 is 0.867 bits per heavy atom. The molecule has 0 atom stereocenters. The predicted octanol–water partition coefficient (Wildman–Crippen LogP) is 15.7. The van der Waals surface area contributed by atoms with E-state index >= 15 is 0 Å². The van der Waals surface area contributed by atoms with Gasteiger partial charge in [-0.25, -0.2) is 0 Å². The molecular weight excluding hydrogens is 729 g/mol. The fourth-order valence-electron chi connectivity index (χ4n) is 8.93. The maximum Gasteiger partial charge on any atom is 0.135 e. The minimum absolute atomic E-state index is 0.00728. The highest BCUT2D eigenvalue weighted by Crippen LogP contribution is 2.45. The van der Waals surface area contributed by atoms with Gasteiger partial charge < -0.3 is 13.9 Å². The first-order valence-corrected chi connectivity index (χ1v) is 21.2. The van der Waals surface area contributed by atoms with Crippen LogP contribution in [0.15, 0.2) is 182 Å². The lowest BCUT2D eigenvalue weighted by atomic mass is 9.79. The third-order valence-electron chi connectivity index (χ3n) is 12.4. The van der Waals surface area contributed by atoms with E-state index < -0.39 is 0 Å². The van der Waals surface area contributed by atoms with Crippen molar-refractivity contribution < 1.29 is 4.74 Å². The lowest BCUT2D eigenvalue weighted by Gasteiger charge is -2.30. The van der Waals surface area contributed by atoms with E-state index in [4.69, 9.17) is 4.74 Å². The topological polar surface area (TPSA) is 19.1 Å². The molecule has 0 N–H and O–H groups in total. The van der Waals surface area contributed by atoms with Crippen LogP contribution in [-0.2, 0) is 5.41 Å². The van der Waals surface area contributed by atoms with E-state index in [1.807, 2.05) is 0 Å². The van der Waals surface area contributed by atoms with Crippen LogP contribution in [0.25, 0.3) is 88.4 Å². The summed E-state index contributed by atoms with van der Waals surface area (Å²) in [6.07, 6.45) is 1.03.